The molecule has 0 bridgehead atoms. The van der Waals surface area contributed by atoms with E-state index in [-0.39, 0.29) is 0 Å². The maximum absolute atomic E-state index is 5.87. The average Bonchev–Trinajstić information content (AvgIpc) is 2.43. The quantitative estimate of drug-likeness (QED) is 0.694. The van der Waals surface area contributed by atoms with E-state index in [9.17, 15) is 0 Å². The molecule has 19 heavy (non-hydrogen) atoms. The van der Waals surface area contributed by atoms with Gasteiger partial charge in [-0.05, 0) is 41.5 Å². The second-order valence-corrected chi connectivity index (χ2v) is 6.35. The van der Waals surface area contributed by atoms with Crippen LogP contribution in [0.4, 0.5) is 0 Å². The Kier molecular flexibility index (Phi) is 5.61. The van der Waals surface area contributed by atoms with E-state index in [1.54, 1.807) is 7.11 Å². The smallest absolute Gasteiger partial charge is 0.119 e. The SMILES string of the molecule is COc1ccc(Br)c(CSCc2ccc(Cl)cc2)c1. The Bertz CT molecular complexity index is 542. The zero-order valence-corrected chi connectivity index (χ0v) is 13.7. The summed E-state index contributed by atoms with van der Waals surface area (Å²) in [5.74, 6) is 2.81. The van der Waals surface area contributed by atoms with Gasteiger partial charge in [-0.15, -0.1) is 0 Å². The van der Waals surface area contributed by atoms with Gasteiger partial charge in [0.15, 0.2) is 0 Å². The summed E-state index contributed by atoms with van der Waals surface area (Å²) >= 11 is 11.3. The highest BCUT2D eigenvalue weighted by atomic mass is 79.9. The fourth-order valence-electron chi connectivity index (χ4n) is 1.65. The summed E-state index contributed by atoms with van der Waals surface area (Å²) in [6.45, 7) is 0. The molecule has 0 saturated heterocycles. The largest absolute Gasteiger partial charge is 0.497 e. The summed E-state index contributed by atoms with van der Waals surface area (Å²) in [6, 6.07) is 14.0. The molecule has 4 heteroatoms. The number of thioether (sulfide) groups is 1. The van der Waals surface area contributed by atoms with Crippen LogP contribution in [-0.4, -0.2) is 7.11 Å². The van der Waals surface area contributed by atoms with Crippen molar-refractivity contribution in [2.24, 2.45) is 0 Å². The van der Waals surface area contributed by atoms with E-state index in [0.29, 0.717) is 0 Å². The van der Waals surface area contributed by atoms with Crippen molar-refractivity contribution in [1.82, 2.24) is 0 Å². The van der Waals surface area contributed by atoms with Crippen molar-refractivity contribution in [1.29, 1.82) is 0 Å². The Balaban J connectivity index is 1.93. The predicted molar refractivity (Wildman–Crippen MR) is 87.1 cm³/mol. The topological polar surface area (TPSA) is 9.23 Å². The van der Waals surface area contributed by atoms with Gasteiger partial charge < -0.3 is 4.74 Å². The van der Waals surface area contributed by atoms with Gasteiger partial charge in [0.05, 0.1) is 7.11 Å². The van der Waals surface area contributed by atoms with E-state index in [2.05, 4.69) is 34.1 Å². The number of hydrogen-bond acceptors (Lipinski definition) is 2. The number of ether oxygens (including phenoxy) is 1. The third kappa shape index (κ3) is 4.44. The third-order valence-corrected chi connectivity index (χ3v) is 4.77. The van der Waals surface area contributed by atoms with Crippen LogP contribution in [0, 0.1) is 0 Å². The molecule has 2 aromatic rings. The van der Waals surface area contributed by atoms with E-state index < -0.39 is 0 Å². The maximum atomic E-state index is 5.87. The molecule has 0 N–H and O–H groups in total. The monoisotopic (exact) mass is 356 g/mol. The van der Waals surface area contributed by atoms with Crippen molar-refractivity contribution in [3.05, 3.63) is 63.1 Å². The molecule has 2 aromatic carbocycles. The molecule has 0 radical (unpaired) electrons. The fourth-order valence-corrected chi connectivity index (χ4v) is 3.34. The first-order chi connectivity index (χ1) is 9.19. The molecule has 0 unspecified atom stereocenters. The first kappa shape index (κ1) is 14.8. The molecule has 0 aromatic heterocycles. The van der Waals surface area contributed by atoms with Crippen molar-refractivity contribution in [3.8, 4) is 5.75 Å². The molecule has 0 amide bonds. The predicted octanol–water partition coefficient (Wildman–Crippen LogP) is 5.54. The van der Waals surface area contributed by atoms with Crippen molar-refractivity contribution in [2.75, 3.05) is 7.11 Å². The van der Waals surface area contributed by atoms with Crippen LogP contribution >= 0.6 is 39.3 Å². The summed E-state index contributed by atoms with van der Waals surface area (Å²) in [7, 11) is 1.69. The standard InChI is InChI=1S/C15H14BrClOS/c1-18-14-6-7-15(16)12(8-14)10-19-9-11-2-4-13(17)5-3-11/h2-8H,9-10H2,1H3. The molecule has 0 atom stereocenters. The number of methoxy groups -OCH3 is 1. The minimum absolute atomic E-state index is 0.782. The molecular formula is C15H14BrClOS. The van der Waals surface area contributed by atoms with E-state index in [0.717, 1.165) is 26.8 Å². The number of hydrogen-bond donors (Lipinski definition) is 0. The summed E-state index contributed by atoms with van der Waals surface area (Å²) < 4.78 is 6.37. The van der Waals surface area contributed by atoms with Gasteiger partial charge in [0.25, 0.3) is 0 Å². The highest BCUT2D eigenvalue weighted by Gasteiger charge is 2.03. The summed E-state index contributed by atoms with van der Waals surface area (Å²) in [6.07, 6.45) is 0. The summed E-state index contributed by atoms with van der Waals surface area (Å²) in [4.78, 5) is 0. The van der Waals surface area contributed by atoms with E-state index in [1.807, 2.05) is 36.0 Å². The number of halogens is 2. The van der Waals surface area contributed by atoms with Crippen molar-refractivity contribution in [3.63, 3.8) is 0 Å². The van der Waals surface area contributed by atoms with Crippen molar-refractivity contribution >= 4 is 39.3 Å². The maximum Gasteiger partial charge on any atom is 0.119 e. The Labute approximate surface area is 131 Å². The van der Waals surface area contributed by atoms with Crippen LogP contribution < -0.4 is 4.74 Å². The fraction of sp³-hybridized carbons (Fsp3) is 0.200. The molecular weight excluding hydrogens is 344 g/mol. The lowest BCUT2D eigenvalue weighted by Gasteiger charge is -2.07. The third-order valence-electron chi connectivity index (χ3n) is 2.69. The minimum atomic E-state index is 0.782. The molecule has 0 saturated carbocycles. The Morgan fingerprint density at radius 3 is 2.53 bits per heavy atom. The van der Waals surface area contributed by atoms with E-state index in [4.69, 9.17) is 16.3 Å². The first-order valence-electron chi connectivity index (χ1n) is 5.83. The molecule has 0 heterocycles. The van der Waals surface area contributed by atoms with Crippen LogP contribution in [0.15, 0.2) is 46.9 Å². The van der Waals surface area contributed by atoms with Crippen LogP contribution in [0.2, 0.25) is 5.02 Å². The Morgan fingerprint density at radius 2 is 1.84 bits per heavy atom. The van der Waals surface area contributed by atoms with Gasteiger partial charge in [-0.3, -0.25) is 0 Å². The van der Waals surface area contributed by atoms with Gasteiger partial charge in [0, 0.05) is 21.0 Å². The van der Waals surface area contributed by atoms with Gasteiger partial charge >= 0.3 is 0 Å². The van der Waals surface area contributed by atoms with Crippen LogP contribution in [0.25, 0.3) is 0 Å². The number of benzene rings is 2. The minimum Gasteiger partial charge on any atom is -0.497 e. The molecule has 0 aliphatic rings. The summed E-state index contributed by atoms with van der Waals surface area (Å²) in [5.41, 5.74) is 2.53. The number of rotatable bonds is 5. The Hall–Kier alpha value is -0.640. The second kappa shape index (κ2) is 7.22. The molecule has 100 valence electrons. The van der Waals surface area contributed by atoms with Gasteiger partial charge in [0.1, 0.15) is 5.75 Å². The molecule has 0 fully saturated rings. The molecule has 0 aliphatic heterocycles. The van der Waals surface area contributed by atoms with Crippen LogP contribution in [0.1, 0.15) is 11.1 Å². The molecule has 2 rings (SSSR count). The lowest BCUT2D eigenvalue weighted by atomic mass is 10.2. The molecule has 0 aliphatic carbocycles. The van der Waals surface area contributed by atoms with Gasteiger partial charge in [-0.1, -0.05) is 39.7 Å². The van der Waals surface area contributed by atoms with Crippen molar-refractivity contribution in [2.45, 2.75) is 11.5 Å². The highest BCUT2D eigenvalue weighted by molar-refractivity contribution is 9.10. The van der Waals surface area contributed by atoms with E-state index in [1.165, 1.54) is 11.1 Å². The van der Waals surface area contributed by atoms with Gasteiger partial charge in [-0.25, -0.2) is 0 Å². The van der Waals surface area contributed by atoms with Crippen LogP contribution in [0.5, 0.6) is 5.75 Å². The zero-order chi connectivity index (χ0) is 13.7. The van der Waals surface area contributed by atoms with Gasteiger partial charge in [-0.2, -0.15) is 11.8 Å². The summed E-state index contributed by atoms with van der Waals surface area (Å²) in [5, 5.41) is 0.782. The van der Waals surface area contributed by atoms with E-state index >= 15 is 0 Å². The highest BCUT2D eigenvalue weighted by Crippen LogP contribution is 2.27. The Morgan fingerprint density at radius 1 is 1.11 bits per heavy atom. The molecule has 1 nitrogen and oxygen atoms in total. The van der Waals surface area contributed by atoms with Gasteiger partial charge in [0.2, 0.25) is 0 Å². The first-order valence-corrected chi connectivity index (χ1v) is 8.16. The normalized spacial score (nSPS) is 10.5. The second-order valence-electron chi connectivity index (χ2n) is 4.08. The zero-order valence-electron chi connectivity index (χ0n) is 10.5. The van der Waals surface area contributed by atoms with Crippen LogP contribution in [0.3, 0.4) is 0 Å². The van der Waals surface area contributed by atoms with Crippen LogP contribution in [-0.2, 0) is 11.5 Å². The van der Waals surface area contributed by atoms with Crippen molar-refractivity contribution < 1.29 is 4.74 Å². The average molecular weight is 358 g/mol. The lowest BCUT2D eigenvalue weighted by Crippen LogP contribution is -1.88. The lowest BCUT2D eigenvalue weighted by molar-refractivity contribution is 0.414. The molecule has 0 spiro atoms.